The third-order valence-corrected chi connectivity index (χ3v) is 4.32. The largest absolute Gasteiger partial charge is 0.292 e. The molecule has 0 spiro atoms. The van der Waals surface area contributed by atoms with Crippen LogP contribution in [0.2, 0.25) is 0 Å². The molecule has 0 N–H and O–H groups in total. The second-order valence-corrected chi connectivity index (χ2v) is 5.92. The van der Waals surface area contributed by atoms with Gasteiger partial charge in [-0.1, -0.05) is 15.9 Å². The summed E-state index contributed by atoms with van der Waals surface area (Å²) in [6.07, 6.45) is 2.56. The number of anilines is 1. The van der Waals surface area contributed by atoms with Crippen molar-refractivity contribution in [2.45, 2.75) is 25.3 Å². The van der Waals surface area contributed by atoms with Gasteiger partial charge in [0.25, 0.3) is 5.91 Å². The summed E-state index contributed by atoms with van der Waals surface area (Å²) in [6, 6.07) is 7.04. The van der Waals surface area contributed by atoms with E-state index in [1.54, 1.807) is 12.1 Å². The van der Waals surface area contributed by atoms with Gasteiger partial charge in [0.1, 0.15) is 0 Å². The Morgan fingerprint density at radius 3 is 2.32 bits per heavy atom. The topological polar surface area (TPSA) is 40.6 Å². The highest BCUT2D eigenvalue weighted by molar-refractivity contribution is 9.10. The van der Waals surface area contributed by atoms with Crippen molar-refractivity contribution in [1.29, 1.82) is 0 Å². The average Bonchev–Trinajstić information content (AvgIpc) is 3.00. The number of benzene rings is 1. The minimum atomic E-state index is -0.251. The smallest absolute Gasteiger partial charge is 0.251 e. The quantitative estimate of drug-likeness (QED) is 0.783. The average molecular weight is 323 g/mol. The monoisotopic (exact) mass is 322 g/mol. The molecule has 2 aliphatic rings. The number of halogens is 1. The van der Waals surface area contributed by atoms with Crippen LogP contribution >= 0.6 is 15.9 Å². The highest BCUT2D eigenvalue weighted by atomic mass is 79.9. The summed E-state index contributed by atoms with van der Waals surface area (Å²) in [5, 5.41) is 0. The zero-order valence-electron chi connectivity index (χ0n) is 10.5. The summed E-state index contributed by atoms with van der Waals surface area (Å²) < 4.78 is 0.937. The number of nitrogens with zero attached hydrogens (tertiary/aromatic N) is 2. The molecule has 5 heteroatoms. The maximum atomic E-state index is 12.4. The van der Waals surface area contributed by atoms with Crippen molar-refractivity contribution in [3.8, 4) is 0 Å². The molecular formula is C14H15BrN2O2. The zero-order valence-corrected chi connectivity index (χ0v) is 12.1. The van der Waals surface area contributed by atoms with Gasteiger partial charge in [0.05, 0.1) is 18.2 Å². The molecule has 1 aromatic rings. The molecule has 0 aliphatic carbocycles. The van der Waals surface area contributed by atoms with Gasteiger partial charge in [-0.2, -0.15) is 0 Å². The van der Waals surface area contributed by atoms with Crippen molar-refractivity contribution in [3.05, 3.63) is 28.7 Å². The molecule has 2 fully saturated rings. The lowest BCUT2D eigenvalue weighted by Gasteiger charge is -2.21. The zero-order chi connectivity index (χ0) is 13.4. The van der Waals surface area contributed by atoms with Gasteiger partial charge in [-0.25, -0.2) is 4.90 Å². The van der Waals surface area contributed by atoms with Crippen LogP contribution in [0.4, 0.5) is 5.69 Å². The second-order valence-electron chi connectivity index (χ2n) is 5.01. The highest BCUT2D eigenvalue weighted by Crippen LogP contribution is 2.28. The molecule has 2 aliphatic heterocycles. The maximum absolute atomic E-state index is 12.4. The standard InChI is InChI=1S/C14H15BrN2O2/c15-10-3-5-11(6-4-10)17-13(18)9-12(14(17)19)16-7-1-2-8-16/h3-6,12H,1-2,7-9H2. The molecule has 0 radical (unpaired) electrons. The summed E-state index contributed by atoms with van der Waals surface area (Å²) in [4.78, 5) is 28.0. The highest BCUT2D eigenvalue weighted by Gasteiger charge is 2.43. The second kappa shape index (κ2) is 5.06. The van der Waals surface area contributed by atoms with E-state index in [2.05, 4.69) is 20.8 Å². The number of hydrogen-bond acceptors (Lipinski definition) is 3. The first kappa shape index (κ1) is 12.8. The van der Waals surface area contributed by atoms with E-state index >= 15 is 0 Å². The van der Waals surface area contributed by atoms with Crippen LogP contribution in [-0.2, 0) is 9.59 Å². The summed E-state index contributed by atoms with van der Waals surface area (Å²) in [7, 11) is 0. The van der Waals surface area contributed by atoms with Crippen LogP contribution < -0.4 is 4.90 Å². The Hall–Kier alpha value is -1.20. The first-order chi connectivity index (χ1) is 9.16. The summed E-state index contributed by atoms with van der Waals surface area (Å²) in [5.74, 6) is -0.168. The van der Waals surface area contributed by atoms with Crippen molar-refractivity contribution in [2.24, 2.45) is 0 Å². The maximum Gasteiger partial charge on any atom is 0.251 e. The van der Waals surface area contributed by atoms with Crippen LogP contribution in [0.15, 0.2) is 28.7 Å². The molecule has 3 rings (SSSR count). The first-order valence-electron chi connectivity index (χ1n) is 6.53. The van der Waals surface area contributed by atoms with E-state index in [0.717, 1.165) is 30.4 Å². The minimum absolute atomic E-state index is 0.0748. The van der Waals surface area contributed by atoms with Crippen LogP contribution in [0, 0.1) is 0 Å². The third-order valence-electron chi connectivity index (χ3n) is 3.79. The predicted molar refractivity (Wildman–Crippen MR) is 75.8 cm³/mol. The summed E-state index contributed by atoms with van der Waals surface area (Å²) >= 11 is 3.35. The van der Waals surface area contributed by atoms with Gasteiger partial charge < -0.3 is 0 Å². The fourth-order valence-corrected chi connectivity index (χ4v) is 3.08. The lowest BCUT2D eigenvalue weighted by Crippen LogP contribution is -2.40. The number of likely N-dealkylation sites (tertiary alicyclic amines) is 1. The minimum Gasteiger partial charge on any atom is -0.292 e. The van der Waals surface area contributed by atoms with Crippen LogP contribution in [0.3, 0.4) is 0 Å². The van der Waals surface area contributed by atoms with E-state index < -0.39 is 0 Å². The van der Waals surface area contributed by atoms with E-state index in [1.807, 2.05) is 12.1 Å². The Labute approximate surface area is 120 Å². The molecule has 2 heterocycles. The number of imide groups is 1. The summed E-state index contributed by atoms with van der Waals surface area (Å²) in [5.41, 5.74) is 0.667. The van der Waals surface area contributed by atoms with Gasteiger partial charge in [-0.05, 0) is 50.2 Å². The molecule has 0 bridgehead atoms. The Balaban J connectivity index is 1.84. The van der Waals surface area contributed by atoms with E-state index in [1.165, 1.54) is 4.90 Å². The number of carbonyl (C=O) groups excluding carboxylic acids is 2. The predicted octanol–water partition coefficient (Wildman–Crippen LogP) is 2.18. The van der Waals surface area contributed by atoms with Crippen LogP contribution in [-0.4, -0.2) is 35.8 Å². The van der Waals surface area contributed by atoms with Crippen LogP contribution in [0.25, 0.3) is 0 Å². The molecule has 0 aromatic heterocycles. The molecule has 2 amide bonds. The van der Waals surface area contributed by atoms with Crippen molar-refractivity contribution in [2.75, 3.05) is 18.0 Å². The van der Waals surface area contributed by atoms with Gasteiger partial charge in [-0.3, -0.25) is 14.5 Å². The van der Waals surface area contributed by atoms with E-state index in [4.69, 9.17) is 0 Å². The van der Waals surface area contributed by atoms with Crippen molar-refractivity contribution >= 4 is 33.4 Å². The van der Waals surface area contributed by atoms with Gasteiger partial charge in [-0.15, -0.1) is 0 Å². The van der Waals surface area contributed by atoms with Gasteiger partial charge >= 0.3 is 0 Å². The molecule has 1 atom stereocenters. The molecule has 4 nitrogen and oxygen atoms in total. The van der Waals surface area contributed by atoms with Crippen LogP contribution in [0.1, 0.15) is 19.3 Å². The number of rotatable bonds is 2. The van der Waals surface area contributed by atoms with E-state index in [9.17, 15) is 9.59 Å². The number of amides is 2. The lowest BCUT2D eigenvalue weighted by molar-refractivity contribution is -0.122. The number of hydrogen-bond donors (Lipinski definition) is 0. The van der Waals surface area contributed by atoms with E-state index in [0.29, 0.717) is 12.1 Å². The molecule has 2 saturated heterocycles. The normalized spacial score (nSPS) is 24.5. The van der Waals surface area contributed by atoms with E-state index in [-0.39, 0.29) is 17.9 Å². The third kappa shape index (κ3) is 2.32. The Bertz CT molecular complexity index is 509. The molecule has 100 valence electrons. The van der Waals surface area contributed by atoms with Gasteiger partial charge in [0.15, 0.2) is 0 Å². The Morgan fingerprint density at radius 2 is 1.68 bits per heavy atom. The summed E-state index contributed by atoms with van der Waals surface area (Å²) in [6.45, 7) is 1.86. The van der Waals surface area contributed by atoms with Gasteiger partial charge in [0, 0.05) is 4.47 Å². The van der Waals surface area contributed by atoms with Crippen molar-refractivity contribution in [1.82, 2.24) is 4.90 Å². The molecule has 1 aromatic carbocycles. The number of carbonyl (C=O) groups is 2. The van der Waals surface area contributed by atoms with Crippen molar-refractivity contribution in [3.63, 3.8) is 0 Å². The Kier molecular flexibility index (Phi) is 3.41. The molecule has 19 heavy (non-hydrogen) atoms. The van der Waals surface area contributed by atoms with Crippen LogP contribution in [0.5, 0.6) is 0 Å². The lowest BCUT2D eigenvalue weighted by atomic mass is 10.2. The first-order valence-corrected chi connectivity index (χ1v) is 7.32. The van der Waals surface area contributed by atoms with Crippen molar-refractivity contribution < 1.29 is 9.59 Å². The molecule has 1 unspecified atom stereocenters. The van der Waals surface area contributed by atoms with Gasteiger partial charge in [0.2, 0.25) is 5.91 Å². The fraction of sp³-hybridized carbons (Fsp3) is 0.429. The fourth-order valence-electron chi connectivity index (χ4n) is 2.82. The molecule has 0 saturated carbocycles. The SMILES string of the molecule is O=C1CC(N2CCCC2)C(=O)N1c1ccc(Br)cc1. The molecular weight excluding hydrogens is 308 g/mol. The Morgan fingerprint density at radius 1 is 1.05 bits per heavy atom.